The van der Waals surface area contributed by atoms with Crippen LogP contribution in [0.3, 0.4) is 0 Å². The van der Waals surface area contributed by atoms with Gasteiger partial charge in [0, 0.05) is 23.3 Å². The second kappa shape index (κ2) is 7.64. The van der Waals surface area contributed by atoms with E-state index in [-0.39, 0.29) is 5.41 Å². The van der Waals surface area contributed by atoms with Crippen molar-refractivity contribution in [2.45, 2.75) is 36.0 Å². The Morgan fingerprint density at radius 2 is 1.86 bits per heavy atom. The first-order valence-electron chi connectivity index (χ1n) is 13.4. The topological polar surface area (TPSA) is 0 Å². The van der Waals surface area contributed by atoms with Gasteiger partial charge in [-0.15, -0.1) is 12.6 Å². The number of rotatable bonds is 0. The predicted molar refractivity (Wildman–Crippen MR) is 150 cm³/mol. The Morgan fingerprint density at radius 1 is 0.944 bits per heavy atom. The molecular formula is C35H28S. The third kappa shape index (κ3) is 2.59. The Balaban J connectivity index is 1.46. The van der Waals surface area contributed by atoms with E-state index in [1.165, 1.54) is 16.7 Å². The van der Waals surface area contributed by atoms with Crippen LogP contribution in [0, 0.1) is 35.8 Å². The number of hydrogen-bond donors (Lipinski definition) is 1. The first kappa shape index (κ1) is 20.9. The first-order valence-corrected chi connectivity index (χ1v) is 13.8. The van der Waals surface area contributed by atoms with Gasteiger partial charge in [-0.25, -0.2) is 0 Å². The molecule has 1 saturated carbocycles. The third-order valence-electron chi connectivity index (χ3n) is 9.47. The van der Waals surface area contributed by atoms with Crippen LogP contribution in [0.15, 0.2) is 124 Å². The fraction of sp³-hybridized carbons (Fsp3) is 0.257. The van der Waals surface area contributed by atoms with Crippen molar-refractivity contribution in [3.05, 3.63) is 142 Å². The molecule has 0 radical (unpaired) electrons. The maximum atomic E-state index is 4.68. The van der Waals surface area contributed by atoms with E-state index in [0.717, 1.165) is 30.6 Å². The minimum atomic E-state index is -0.164. The molecule has 0 bridgehead atoms. The van der Waals surface area contributed by atoms with Gasteiger partial charge in [-0.2, -0.15) is 0 Å². The van der Waals surface area contributed by atoms with E-state index >= 15 is 0 Å². The maximum absolute atomic E-state index is 4.68. The van der Waals surface area contributed by atoms with E-state index in [1.807, 2.05) is 0 Å². The second-order valence-electron chi connectivity index (χ2n) is 11.0. The Hall–Kier alpha value is -3.21. The lowest BCUT2D eigenvalue weighted by atomic mass is 9.62. The molecule has 1 aromatic carbocycles. The molecule has 5 unspecified atom stereocenters. The van der Waals surface area contributed by atoms with Gasteiger partial charge in [-0.3, -0.25) is 0 Å². The maximum Gasteiger partial charge on any atom is 0.0577 e. The summed E-state index contributed by atoms with van der Waals surface area (Å²) in [5, 5.41) is 0. The molecule has 0 N–H and O–H groups in total. The Morgan fingerprint density at radius 3 is 2.83 bits per heavy atom. The molecule has 7 aliphatic rings. The number of hydrogen-bond acceptors (Lipinski definition) is 1. The van der Waals surface area contributed by atoms with E-state index < -0.39 is 0 Å². The smallest absolute Gasteiger partial charge is 0.0577 e. The Bertz CT molecular complexity index is 1510. The molecule has 7 aliphatic carbocycles. The second-order valence-corrected chi connectivity index (χ2v) is 11.5. The number of allylic oxidation sites excluding steroid dienone is 20. The SMILES string of the molecule is Sc1c#cc2c(c1)C1=C(CCC=C1)C21C2=CC3C/C=C\C=C/CC4=CC=CC(=C2C2C=CC=CC21)C43. The summed E-state index contributed by atoms with van der Waals surface area (Å²) in [5.74, 6) is 1.69. The third-order valence-corrected chi connectivity index (χ3v) is 9.71. The van der Waals surface area contributed by atoms with Gasteiger partial charge >= 0.3 is 0 Å². The van der Waals surface area contributed by atoms with Gasteiger partial charge < -0.3 is 0 Å². The lowest BCUT2D eigenvalue weighted by Gasteiger charge is -2.40. The molecule has 36 heavy (non-hydrogen) atoms. The van der Waals surface area contributed by atoms with Crippen molar-refractivity contribution < 1.29 is 0 Å². The molecule has 0 aromatic heterocycles. The van der Waals surface area contributed by atoms with Gasteiger partial charge in [0.1, 0.15) is 0 Å². The van der Waals surface area contributed by atoms with Gasteiger partial charge in [-0.05, 0) is 71.1 Å². The molecule has 0 heterocycles. The molecule has 5 atom stereocenters. The molecule has 0 saturated heterocycles. The minimum absolute atomic E-state index is 0.164. The number of fused-ring (bicyclic) bond motifs is 9. The van der Waals surface area contributed by atoms with E-state index in [4.69, 9.17) is 0 Å². The fourth-order valence-corrected chi connectivity index (χ4v) is 8.48. The van der Waals surface area contributed by atoms with E-state index in [2.05, 4.69) is 116 Å². The van der Waals surface area contributed by atoms with Crippen molar-refractivity contribution in [3.8, 4) is 0 Å². The quantitative estimate of drug-likeness (QED) is 0.356. The van der Waals surface area contributed by atoms with Gasteiger partial charge in [0.25, 0.3) is 0 Å². The zero-order valence-electron chi connectivity index (χ0n) is 20.2. The van der Waals surface area contributed by atoms with Crippen molar-refractivity contribution in [1.29, 1.82) is 0 Å². The van der Waals surface area contributed by atoms with Crippen LogP contribution < -0.4 is 0 Å². The summed E-state index contributed by atoms with van der Waals surface area (Å²) in [6, 6.07) is 9.29. The molecule has 0 amide bonds. The molecule has 8 rings (SSSR count). The van der Waals surface area contributed by atoms with E-state index in [9.17, 15) is 0 Å². The van der Waals surface area contributed by atoms with Gasteiger partial charge in [0.05, 0.1) is 10.3 Å². The first-order chi connectivity index (χ1) is 17.8. The molecule has 1 aromatic rings. The molecular weight excluding hydrogens is 452 g/mol. The molecule has 0 nitrogen and oxygen atoms in total. The summed E-state index contributed by atoms with van der Waals surface area (Å²) >= 11 is 4.68. The summed E-state index contributed by atoms with van der Waals surface area (Å²) in [4.78, 5) is 0.875. The summed E-state index contributed by atoms with van der Waals surface area (Å²) in [6.07, 6.45) is 37.6. The lowest BCUT2D eigenvalue weighted by molar-refractivity contribution is 0.429. The highest BCUT2D eigenvalue weighted by Crippen LogP contribution is 2.69. The van der Waals surface area contributed by atoms with Crippen LogP contribution in [0.1, 0.15) is 36.8 Å². The van der Waals surface area contributed by atoms with Crippen LogP contribution in [-0.2, 0) is 5.41 Å². The molecule has 1 heteroatoms. The molecule has 1 spiro atoms. The van der Waals surface area contributed by atoms with Crippen LogP contribution in [-0.4, -0.2) is 0 Å². The average molecular weight is 481 g/mol. The van der Waals surface area contributed by atoms with Crippen LogP contribution in [0.4, 0.5) is 0 Å². The minimum Gasteiger partial charge on any atom is -0.135 e. The van der Waals surface area contributed by atoms with Crippen molar-refractivity contribution >= 4 is 18.2 Å². The van der Waals surface area contributed by atoms with Crippen molar-refractivity contribution in [1.82, 2.24) is 0 Å². The van der Waals surface area contributed by atoms with E-state index in [0.29, 0.717) is 23.7 Å². The highest BCUT2D eigenvalue weighted by atomic mass is 32.1. The monoisotopic (exact) mass is 480 g/mol. The standard InChI is InChI=1S/C35H28S/c36-24-18-19-31-28(21-24)25-13-5-7-16-29(25)35(31)30-17-8-6-14-26(30)34-27-15-9-12-22-10-3-1-2-4-11-23(33(22)27)20-32(34)35/h1-6,8-9,12-15,17,20-21,23,26,30,33,36H,7,10-11,16H2/b3-1-,4-2-. The number of thiol groups is 1. The highest BCUT2D eigenvalue weighted by molar-refractivity contribution is 7.80. The highest BCUT2D eigenvalue weighted by Gasteiger charge is 2.61. The van der Waals surface area contributed by atoms with Crippen LogP contribution in [0.25, 0.3) is 5.57 Å². The van der Waals surface area contributed by atoms with Crippen LogP contribution in [0.5, 0.6) is 0 Å². The van der Waals surface area contributed by atoms with Gasteiger partial charge in [0.15, 0.2) is 0 Å². The Labute approximate surface area is 219 Å². The van der Waals surface area contributed by atoms with Crippen molar-refractivity contribution in [2.24, 2.45) is 23.7 Å². The molecule has 1 fully saturated rings. The zero-order valence-corrected chi connectivity index (χ0v) is 21.1. The summed E-state index contributed by atoms with van der Waals surface area (Å²) < 4.78 is 0. The Kier molecular flexibility index (Phi) is 4.44. The summed E-state index contributed by atoms with van der Waals surface area (Å²) in [5.41, 5.74) is 11.7. The average Bonchev–Trinajstić information content (AvgIpc) is 3.40. The predicted octanol–water partition coefficient (Wildman–Crippen LogP) is 8.17. The lowest BCUT2D eigenvalue weighted by Crippen LogP contribution is -2.35. The fourth-order valence-electron chi connectivity index (χ4n) is 8.29. The molecule has 174 valence electrons. The normalized spacial score (nSPS) is 36.0. The van der Waals surface area contributed by atoms with Crippen molar-refractivity contribution in [3.63, 3.8) is 0 Å². The van der Waals surface area contributed by atoms with Crippen LogP contribution in [0.2, 0.25) is 0 Å². The van der Waals surface area contributed by atoms with Crippen LogP contribution >= 0.6 is 12.6 Å². The van der Waals surface area contributed by atoms with E-state index in [1.54, 1.807) is 27.9 Å². The largest absolute Gasteiger partial charge is 0.135 e. The zero-order chi connectivity index (χ0) is 23.9. The van der Waals surface area contributed by atoms with Gasteiger partial charge in [0.2, 0.25) is 0 Å². The molecule has 0 aliphatic heterocycles. The summed E-state index contributed by atoms with van der Waals surface area (Å²) in [7, 11) is 0. The van der Waals surface area contributed by atoms with Crippen molar-refractivity contribution in [2.75, 3.05) is 0 Å². The van der Waals surface area contributed by atoms with Gasteiger partial charge in [-0.1, -0.05) is 103 Å². The summed E-state index contributed by atoms with van der Waals surface area (Å²) in [6.45, 7) is 0.